The summed E-state index contributed by atoms with van der Waals surface area (Å²) in [6, 6.07) is 10.7. The molecule has 10 heteroatoms. The first-order valence-corrected chi connectivity index (χ1v) is 9.52. The summed E-state index contributed by atoms with van der Waals surface area (Å²) >= 11 is 0. The van der Waals surface area contributed by atoms with Crippen LogP contribution >= 0.6 is 0 Å². The summed E-state index contributed by atoms with van der Waals surface area (Å²) in [4.78, 5) is 20.4. The van der Waals surface area contributed by atoms with Crippen molar-refractivity contribution in [3.05, 3.63) is 54.6 Å². The van der Waals surface area contributed by atoms with Gasteiger partial charge >= 0.3 is 0 Å². The summed E-state index contributed by atoms with van der Waals surface area (Å²) in [5.41, 5.74) is 1.65. The van der Waals surface area contributed by atoms with Crippen molar-refractivity contribution in [2.24, 2.45) is 0 Å². The number of aromatic nitrogens is 4. The number of ether oxygens (including phenoxy) is 1. The molecule has 5 rings (SSSR count). The average molecular weight is 419 g/mol. The fraction of sp³-hybridized carbons (Fsp3) is 0.143. The lowest BCUT2D eigenvalue weighted by Gasteiger charge is -2.31. The van der Waals surface area contributed by atoms with Crippen LogP contribution in [0, 0.1) is 5.82 Å². The summed E-state index contributed by atoms with van der Waals surface area (Å²) in [7, 11) is 0. The average Bonchev–Trinajstić information content (AvgIpc) is 3.19. The summed E-state index contributed by atoms with van der Waals surface area (Å²) in [5.74, 6) is -0.128. The van der Waals surface area contributed by atoms with Crippen LogP contribution in [-0.4, -0.2) is 31.7 Å². The van der Waals surface area contributed by atoms with E-state index in [9.17, 15) is 9.18 Å². The summed E-state index contributed by atoms with van der Waals surface area (Å²) in [6.07, 6.45) is 2.81. The van der Waals surface area contributed by atoms with Crippen LogP contribution in [-0.2, 0) is 4.79 Å². The van der Waals surface area contributed by atoms with E-state index < -0.39 is 11.4 Å². The van der Waals surface area contributed by atoms with Gasteiger partial charge in [-0.3, -0.25) is 9.89 Å². The minimum atomic E-state index is -0.958. The van der Waals surface area contributed by atoms with E-state index in [0.717, 1.165) is 22.8 Å². The Morgan fingerprint density at radius 2 is 1.87 bits per heavy atom. The maximum absolute atomic E-state index is 14.3. The number of aromatic amines is 1. The Morgan fingerprint density at radius 3 is 2.74 bits per heavy atom. The molecule has 0 unspecified atom stereocenters. The Balaban J connectivity index is 1.38. The maximum Gasteiger partial charge on any atom is 0.268 e. The highest BCUT2D eigenvalue weighted by molar-refractivity contribution is 6.00. The Labute approximate surface area is 176 Å². The molecule has 4 N–H and O–H groups in total. The van der Waals surface area contributed by atoms with Crippen LogP contribution in [0.2, 0.25) is 0 Å². The number of fused-ring (bicyclic) bond motifs is 2. The zero-order chi connectivity index (χ0) is 21.6. The van der Waals surface area contributed by atoms with Crippen molar-refractivity contribution in [1.82, 2.24) is 20.2 Å². The molecular formula is C21H18FN7O2. The molecule has 0 radical (unpaired) electrons. The van der Waals surface area contributed by atoms with Crippen molar-refractivity contribution in [2.45, 2.75) is 19.4 Å². The van der Waals surface area contributed by atoms with Crippen molar-refractivity contribution in [2.75, 3.05) is 16.0 Å². The number of H-pyrrole nitrogens is 1. The number of anilines is 5. The smallest absolute Gasteiger partial charge is 0.268 e. The van der Waals surface area contributed by atoms with Crippen LogP contribution in [0.3, 0.4) is 0 Å². The third-order valence-corrected chi connectivity index (χ3v) is 4.84. The Bertz CT molecular complexity index is 1320. The fourth-order valence-corrected chi connectivity index (χ4v) is 3.18. The molecule has 1 aliphatic heterocycles. The number of carbonyl (C=O) groups excluding carboxylic acids is 1. The van der Waals surface area contributed by atoms with E-state index in [1.54, 1.807) is 38.2 Å². The lowest BCUT2D eigenvalue weighted by Crippen LogP contribution is -2.45. The normalized spacial score (nSPS) is 14.5. The number of hydrogen-bond acceptors (Lipinski definition) is 7. The number of carbonyl (C=O) groups is 1. The summed E-state index contributed by atoms with van der Waals surface area (Å²) < 4.78 is 20.1. The minimum absolute atomic E-state index is 0.0107. The highest BCUT2D eigenvalue weighted by atomic mass is 19.1. The van der Waals surface area contributed by atoms with Gasteiger partial charge in [0.25, 0.3) is 5.91 Å². The van der Waals surface area contributed by atoms with Crippen molar-refractivity contribution >= 4 is 45.6 Å². The number of rotatable bonds is 4. The van der Waals surface area contributed by atoms with E-state index in [1.807, 2.05) is 18.2 Å². The molecule has 0 saturated carbocycles. The van der Waals surface area contributed by atoms with Crippen molar-refractivity contribution in [1.29, 1.82) is 0 Å². The number of nitrogens with one attached hydrogen (secondary N) is 4. The van der Waals surface area contributed by atoms with E-state index >= 15 is 0 Å². The van der Waals surface area contributed by atoms with E-state index in [4.69, 9.17) is 4.74 Å². The second-order valence-corrected chi connectivity index (χ2v) is 7.59. The van der Waals surface area contributed by atoms with E-state index in [-0.39, 0.29) is 17.7 Å². The van der Waals surface area contributed by atoms with Crippen LogP contribution in [0.4, 0.5) is 33.2 Å². The third kappa shape index (κ3) is 3.59. The Kier molecular flexibility index (Phi) is 4.21. The van der Waals surface area contributed by atoms with Crippen molar-refractivity contribution < 1.29 is 13.9 Å². The molecule has 9 nitrogen and oxygen atoms in total. The second kappa shape index (κ2) is 6.94. The maximum atomic E-state index is 14.3. The highest BCUT2D eigenvalue weighted by Crippen LogP contribution is 2.36. The molecule has 0 atom stereocenters. The lowest BCUT2D eigenvalue weighted by molar-refractivity contribution is -0.129. The molecule has 4 aromatic rings. The number of hydrogen-bond donors (Lipinski definition) is 4. The number of amides is 1. The van der Waals surface area contributed by atoms with Gasteiger partial charge < -0.3 is 20.7 Å². The third-order valence-electron chi connectivity index (χ3n) is 4.84. The Hall–Kier alpha value is -4.21. The number of halogens is 1. The molecule has 1 amide bonds. The molecule has 0 fully saturated rings. The van der Waals surface area contributed by atoms with Crippen molar-refractivity contribution in [3.63, 3.8) is 0 Å². The second-order valence-electron chi connectivity index (χ2n) is 7.59. The minimum Gasteiger partial charge on any atom is -0.476 e. The van der Waals surface area contributed by atoms with Crippen molar-refractivity contribution in [3.8, 4) is 5.75 Å². The molecule has 0 bridgehead atoms. The van der Waals surface area contributed by atoms with Crippen LogP contribution < -0.4 is 20.7 Å². The molecule has 156 valence electrons. The zero-order valence-electron chi connectivity index (χ0n) is 16.7. The van der Waals surface area contributed by atoms with Gasteiger partial charge in [-0.25, -0.2) is 9.37 Å². The van der Waals surface area contributed by atoms with E-state index in [2.05, 4.69) is 36.1 Å². The number of benzene rings is 2. The van der Waals surface area contributed by atoms with Crippen LogP contribution in [0.25, 0.3) is 10.9 Å². The standard InChI is InChI=1S/C21H18FN7O2/c1-21(2)19(30)27-16-8-12(5-6-17(16)31-21)25-18-14(22)10-23-20(28-18)26-13-4-3-11-9-24-29-15(11)7-13/h3-10H,1-2H3,(H,24,29)(H,27,30)(H2,23,25,26,28). The first-order chi connectivity index (χ1) is 14.9. The predicted octanol–water partition coefficient (Wildman–Crippen LogP) is 4.09. The zero-order valence-corrected chi connectivity index (χ0v) is 16.7. The molecule has 31 heavy (non-hydrogen) atoms. The topological polar surface area (TPSA) is 117 Å². The first kappa shape index (κ1) is 18.8. The van der Waals surface area contributed by atoms with Crippen LogP contribution in [0.15, 0.2) is 48.8 Å². The van der Waals surface area contributed by atoms with Gasteiger partial charge in [0.1, 0.15) is 5.75 Å². The largest absolute Gasteiger partial charge is 0.476 e. The van der Waals surface area contributed by atoms with E-state index in [1.165, 1.54) is 0 Å². The van der Waals surface area contributed by atoms with Crippen LogP contribution in [0.5, 0.6) is 5.75 Å². The molecule has 2 aromatic carbocycles. The summed E-state index contributed by atoms with van der Waals surface area (Å²) in [6.45, 7) is 3.37. The molecule has 0 spiro atoms. The van der Waals surface area contributed by atoms with Gasteiger partial charge in [-0.1, -0.05) is 0 Å². The lowest BCUT2D eigenvalue weighted by atomic mass is 10.1. The molecule has 2 aromatic heterocycles. The van der Waals surface area contributed by atoms with Crippen LogP contribution in [0.1, 0.15) is 13.8 Å². The SMILES string of the molecule is CC1(C)Oc2ccc(Nc3nc(Nc4ccc5cn[nH]c5c4)ncc3F)cc2NC1=O. The van der Waals surface area contributed by atoms with Gasteiger partial charge in [0.05, 0.1) is 23.6 Å². The fourth-order valence-electron chi connectivity index (χ4n) is 3.18. The number of nitrogens with zero attached hydrogens (tertiary/aromatic N) is 3. The predicted molar refractivity (Wildman–Crippen MR) is 114 cm³/mol. The Morgan fingerprint density at radius 1 is 1.06 bits per heavy atom. The highest BCUT2D eigenvalue weighted by Gasteiger charge is 2.35. The molecular weight excluding hydrogens is 401 g/mol. The first-order valence-electron chi connectivity index (χ1n) is 9.52. The summed E-state index contributed by atoms with van der Waals surface area (Å²) in [5, 5.41) is 16.6. The quantitative estimate of drug-likeness (QED) is 0.394. The van der Waals surface area contributed by atoms with Gasteiger partial charge in [-0.2, -0.15) is 10.1 Å². The van der Waals surface area contributed by atoms with E-state index in [0.29, 0.717) is 17.1 Å². The molecule has 3 heterocycles. The van der Waals surface area contributed by atoms with Gasteiger partial charge in [-0.15, -0.1) is 0 Å². The molecule has 0 saturated heterocycles. The van der Waals surface area contributed by atoms with Gasteiger partial charge in [0.15, 0.2) is 17.2 Å². The van der Waals surface area contributed by atoms with Gasteiger partial charge in [0, 0.05) is 16.8 Å². The molecule has 0 aliphatic carbocycles. The molecule has 1 aliphatic rings. The van der Waals surface area contributed by atoms with Gasteiger partial charge in [0.2, 0.25) is 5.95 Å². The monoisotopic (exact) mass is 419 g/mol. The van der Waals surface area contributed by atoms with Gasteiger partial charge in [-0.05, 0) is 50.2 Å².